The fourth-order valence-corrected chi connectivity index (χ4v) is 4.47. The lowest BCUT2D eigenvalue weighted by Crippen LogP contribution is -2.45. The zero-order chi connectivity index (χ0) is 20.5. The molecule has 0 aliphatic carbocycles. The standard InChI is InChI=1S/C24H29N3O2/c1-4-27-21-10-6-5-9-19(21)20-14-18(11-12-22(20)27)25-23(28)17-8-7-13-26(15-17)24(29)16(2)3/h5-6,9-12,14,16-17H,4,7-8,13,15H2,1-3H3,(H,25,28)/t17-/m1/s1. The van der Waals surface area contributed by atoms with E-state index in [-0.39, 0.29) is 23.7 Å². The molecular weight excluding hydrogens is 362 g/mol. The molecule has 5 nitrogen and oxygen atoms in total. The van der Waals surface area contributed by atoms with Crippen LogP contribution in [-0.2, 0) is 16.1 Å². The third-order valence-corrected chi connectivity index (χ3v) is 5.95. The van der Waals surface area contributed by atoms with Gasteiger partial charge in [-0.2, -0.15) is 0 Å². The Balaban J connectivity index is 1.57. The van der Waals surface area contributed by atoms with Gasteiger partial charge in [0, 0.05) is 53.0 Å². The number of hydrogen-bond donors (Lipinski definition) is 1. The number of nitrogens with one attached hydrogen (secondary N) is 1. The van der Waals surface area contributed by atoms with Crippen molar-refractivity contribution in [2.45, 2.75) is 40.2 Å². The fraction of sp³-hybridized carbons (Fsp3) is 0.417. The molecule has 1 saturated heterocycles. The average molecular weight is 392 g/mol. The Bertz CT molecular complexity index is 1070. The number of benzene rings is 2. The van der Waals surface area contributed by atoms with Gasteiger partial charge in [-0.05, 0) is 44.0 Å². The molecule has 0 spiro atoms. The number of rotatable bonds is 4. The van der Waals surface area contributed by atoms with E-state index in [1.807, 2.05) is 24.8 Å². The van der Waals surface area contributed by atoms with Gasteiger partial charge in [-0.1, -0.05) is 32.0 Å². The third kappa shape index (κ3) is 3.61. The number of anilines is 1. The molecule has 3 aromatic rings. The SMILES string of the molecule is CCn1c2ccccc2c2cc(NC(=O)[C@@H]3CCCN(C(=O)C(C)C)C3)ccc21. The van der Waals surface area contributed by atoms with E-state index in [9.17, 15) is 9.59 Å². The van der Waals surface area contributed by atoms with Crippen LogP contribution in [-0.4, -0.2) is 34.4 Å². The highest BCUT2D eigenvalue weighted by Gasteiger charge is 2.29. The van der Waals surface area contributed by atoms with E-state index >= 15 is 0 Å². The molecule has 0 radical (unpaired) electrons. The van der Waals surface area contributed by atoms with Crippen LogP contribution in [0, 0.1) is 11.8 Å². The normalized spacial score (nSPS) is 17.2. The van der Waals surface area contributed by atoms with Crippen LogP contribution in [0.5, 0.6) is 0 Å². The smallest absolute Gasteiger partial charge is 0.229 e. The number of carbonyl (C=O) groups excluding carboxylic acids is 2. The summed E-state index contributed by atoms with van der Waals surface area (Å²) in [7, 11) is 0. The first-order valence-electron chi connectivity index (χ1n) is 10.6. The molecular formula is C24H29N3O2. The summed E-state index contributed by atoms with van der Waals surface area (Å²) >= 11 is 0. The molecule has 2 amide bonds. The van der Waals surface area contributed by atoms with Crippen molar-refractivity contribution < 1.29 is 9.59 Å². The lowest BCUT2D eigenvalue weighted by Gasteiger charge is -2.33. The molecule has 1 atom stereocenters. The molecule has 4 rings (SSSR count). The molecule has 5 heteroatoms. The van der Waals surface area contributed by atoms with Gasteiger partial charge in [0.05, 0.1) is 5.92 Å². The number of aromatic nitrogens is 1. The minimum atomic E-state index is -0.154. The van der Waals surface area contributed by atoms with Crippen LogP contribution in [0.25, 0.3) is 21.8 Å². The predicted molar refractivity (Wildman–Crippen MR) is 118 cm³/mol. The molecule has 2 heterocycles. The Morgan fingerprint density at radius 1 is 1.10 bits per heavy atom. The first-order valence-corrected chi connectivity index (χ1v) is 10.6. The summed E-state index contributed by atoms with van der Waals surface area (Å²) < 4.78 is 2.30. The van der Waals surface area contributed by atoms with Crippen molar-refractivity contribution in [1.29, 1.82) is 0 Å². The van der Waals surface area contributed by atoms with Gasteiger partial charge < -0.3 is 14.8 Å². The number of para-hydroxylation sites is 1. The van der Waals surface area contributed by atoms with Gasteiger partial charge in [-0.3, -0.25) is 9.59 Å². The Hall–Kier alpha value is -2.82. The van der Waals surface area contributed by atoms with E-state index < -0.39 is 0 Å². The van der Waals surface area contributed by atoms with Crippen molar-refractivity contribution in [1.82, 2.24) is 9.47 Å². The molecule has 1 aromatic heterocycles. The molecule has 1 fully saturated rings. The van der Waals surface area contributed by atoms with Crippen molar-refractivity contribution in [3.05, 3.63) is 42.5 Å². The number of piperidine rings is 1. The first-order chi connectivity index (χ1) is 14.0. The molecule has 1 aliphatic heterocycles. The molecule has 1 aliphatic rings. The maximum absolute atomic E-state index is 12.9. The zero-order valence-corrected chi connectivity index (χ0v) is 17.4. The second-order valence-electron chi connectivity index (χ2n) is 8.26. The quantitative estimate of drug-likeness (QED) is 0.704. The summed E-state index contributed by atoms with van der Waals surface area (Å²) in [6, 6.07) is 14.5. The average Bonchev–Trinajstić information content (AvgIpc) is 3.06. The van der Waals surface area contributed by atoms with Crippen molar-refractivity contribution in [3.63, 3.8) is 0 Å². The van der Waals surface area contributed by atoms with Crippen molar-refractivity contribution in [3.8, 4) is 0 Å². The van der Waals surface area contributed by atoms with Crippen LogP contribution in [0.4, 0.5) is 5.69 Å². The largest absolute Gasteiger partial charge is 0.342 e. The van der Waals surface area contributed by atoms with Gasteiger partial charge in [-0.25, -0.2) is 0 Å². The van der Waals surface area contributed by atoms with E-state index in [0.29, 0.717) is 6.54 Å². The van der Waals surface area contributed by atoms with Gasteiger partial charge in [0.1, 0.15) is 0 Å². The number of carbonyl (C=O) groups is 2. The van der Waals surface area contributed by atoms with Gasteiger partial charge in [0.2, 0.25) is 11.8 Å². The summed E-state index contributed by atoms with van der Waals surface area (Å²) in [6.07, 6.45) is 1.70. The minimum absolute atomic E-state index is 0.00448. The number of aryl methyl sites for hydroxylation is 1. The third-order valence-electron chi connectivity index (χ3n) is 5.95. The highest BCUT2D eigenvalue weighted by atomic mass is 16.2. The van der Waals surface area contributed by atoms with Crippen LogP contribution >= 0.6 is 0 Å². The minimum Gasteiger partial charge on any atom is -0.342 e. The number of nitrogens with zero attached hydrogens (tertiary/aromatic N) is 2. The Morgan fingerprint density at radius 2 is 1.86 bits per heavy atom. The molecule has 2 aromatic carbocycles. The summed E-state index contributed by atoms with van der Waals surface area (Å²) in [5, 5.41) is 5.45. The van der Waals surface area contributed by atoms with Crippen LogP contribution in [0.2, 0.25) is 0 Å². The summed E-state index contributed by atoms with van der Waals surface area (Å²) in [6.45, 7) is 8.14. The molecule has 0 unspecified atom stereocenters. The Morgan fingerprint density at radius 3 is 2.62 bits per heavy atom. The summed E-state index contributed by atoms with van der Waals surface area (Å²) in [5.41, 5.74) is 3.20. The molecule has 152 valence electrons. The fourth-order valence-electron chi connectivity index (χ4n) is 4.47. The lowest BCUT2D eigenvalue weighted by atomic mass is 9.96. The summed E-state index contributed by atoms with van der Waals surface area (Å²) in [4.78, 5) is 27.1. The monoisotopic (exact) mass is 391 g/mol. The highest BCUT2D eigenvalue weighted by molar-refractivity contribution is 6.09. The van der Waals surface area contributed by atoms with E-state index in [1.165, 1.54) is 16.4 Å². The second kappa shape index (κ2) is 7.90. The van der Waals surface area contributed by atoms with Crippen molar-refractivity contribution >= 4 is 39.3 Å². The topological polar surface area (TPSA) is 54.3 Å². The molecule has 0 bridgehead atoms. The number of fused-ring (bicyclic) bond motifs is 3. The Kier molecular flexibility index (Phi) is 5.31. The maximum atomic E-state index is 12.9. The summed E-state index contributed by atoms with van der Waals surface area (Å²) in [5.74, 6) is -0.0460. The van der Waals surface area contributed by atoms with E-state index in [0.717, 1.165) is 37.0 Å². The van der Waals surface area contributed by atoms with Crippen LogP contribution in [0.3, 0.4) is 0 Å². The van der Waals surface area contributed by atoms with Crippen molar-refractivity contribution in [2.24, 2.45) is 11.8 Å². The van der Waals surface area contributed by atoms with Gasteiger partial charge in [-0.15, -0.1) is 0 Å². The van der Waals surface area contributed by atoms with Crippen LogP contribution in [0.1, 0.15) is 33.6 Å². The van der Waals surface area contributed by atoms with E-state index in [2.05, 4.69) is 53.2 Å². The molecule has 0 saturated carbocycles. The number of likely N-dealkylation sites (tertiary alicyclic amines) is 1. The Labute approximate surface area is 171 Å². The molecule has 29 heavy (non-hydrogen) atoms. The number of hydrogen-bond acceptors (Lipinski definition) is 2. The zero-order valence-electron chi connectivity index (χ0n) is 17.4. The number of amides is 2. The highest BCUT2D eigenvalue weighted by Crippen LogP contribution is 2.31. The van der Waals surface area contributed by atoms with Gasteiger partial charge >= 0.3 is 0 Å². The van der Waals surface area contributed by atoms with Crippen LogP contribution in [0.15, 0.2) is 42.5 Å². The van der Waals surface area contributed by atoms with E-state index in [1.54, 1.807) is 0 Å². The lowest BCUT2D eigenvalue weighted by molar-refractivity contribution is -0.137. The van der Waals surface area contributed by atoms with E-state index in [4.69, 9.17) is 0 Å². The van der Waals surface area contributed by atoms with Crippen LogP contribution < -0.4 is 5.32 Å². The van der Waals surface area contributed by atoms with Gasteiger partial charge in [0.15, 0.2) is 0 Å². The first kappa shape index (κ1) is 19.5. The second-order valence-corrected chi connectivity index (χ2v) is 8.26. The van der Waals surface area contributed by atoms with Crippen molar-refractivity contribution in [2.75, 3.05) is 18.4 Å². The predicted octanol–water partition coefficient (Wildman–Crippen LogP) is 4.65. The van der Waals surface area contributed by atoms with Gasteiger partial charge in [0.25, 0.3) is 0 Å². The maximum Gasteiger partial charge on any atom is 0.229 e. The molecule has 1 N–H and O–H groups in total.